The van der Waals surface area contributed by atoms with E-state index >= 15 is 0 Å². The Morgan fingerprint density at radius 1 is 0.698 bits per heavy atom. The van der Waals surface area contributed by atoms with Crippen LogP contribution in [0.25, 0.3) is 0 Å². The monoisotopic (exact) mass is 632 g/mol. The first-order valence-corrected chi connectivity index (χ1v) is 14.1. The minimum absolute atomic E-state index is 0.0292. The maximum atomic E-state index is 13.0. The second-order valence-corrected chi connectivity index (χ2v) is 11.3. The summed E-state index contributed by atoms with van der Waals surface area (Å²) in [5, 5.41) is 1.05. The molecule has 0 heterocycles. The van der Waals surface area contributed by atoms with Gasteiger partial charge in [-0.3, -0.25) is 4.79 Å². The lowest BCUT2D eigenvalue weighted by molar-refractivity contribution is -0.171. The second kappa shape index (κ2) is 15.1. The van der Waals surface area contributed by atoms with Gasteiger partial charge >= 0.3 is 17.9 Å². The van der Waals surface area contributed by atoms with Gasteiger partial charge in [-0.15, -0.1) is 0 Å². The van der Waals surface area contributed by atoms with Crippen LogP contribution in [0.1, 0.15) is 40.2 Å². The van der Waals surface area contributed by atoms with Gasteiger partial charge in [0.2, 0.25) is 0 Å². The van der Waals surface area contributed by atoms with Gasteiger partial charge in [0.1, 0.15) is 36.6 Å². The van der Waals surface area contributed by atoms with Crippen molar-refractivity contribution in [2.24, 2.45) is 0 Å². The van der Waals surface area contributed by atoms with Crippen molar-refractivity contribution in [1.29, 1.82) is 0 Å². The van der Waals surface area contributed by atoms with Crippen molar-refractivity contribution in [3.8, 4) is 17.2 Å². The first-order valence-electron chi connectivity index (χ1n) is 13.4. The van der Waals surface area contributed by atoms with Crippen LogP contribution in [0, 0.1) is 0 Å². The Bertz CT molecular complexity index is 1310. The van der Waals surface area contributed by atoms with Gasteiger partial charge < -0.3 is 28.4 Å². The van der Waals surface area contributed by atoms with Crippen LogP contribution in [0.15, 0.2) is 72.8 Å². The van der Waals surface area contributed by atoms with Crippen LogP contribution in [0.5, 0.6) is 17.2 Å². The molecule has 0 aliphatic rings. The molecule has 0 aliphatic heterocycles. The zero-order valence-corrected chi connectivity index (χ0v) is 26.1. The van der Waals surface area contributed by atoms with Gasteiger partial charge in [-0.05, 0) is 82.3 Å². The van der Waals surface area contributed by atoms with Crippen molar-refractivity contribution in [2.75, 3.05) is 13.2 Å². The molecule has 9 nitrogen and oxygen atoms in total. The van der Waals surface area contributed by atoms with Crippen LogP contribution in [-0.2, 0) is 35.2 Å². The number of hydrogen-bond acceptors (Lipinski definition) is 9. The van der Waals surface area contributed by atoms with Crippen LogP contribution in [-0.4, -0.2) is 48.4 Å². The van der Waals surface area contributed by atoms with Gasteiger partial charge in [-0.25, -0.2) is 9.59 Å². The highest BCUT2D eigenvalue weighted by Crippen LogP contribution is 2.24. The number of rotatable bonds is 14. The first kappa shape index (κ1) is 33.7. The molecule has 0 radical (unpaired) electrons. The molecule has 11 heteroatoms. The summed E-state index contributed by atoms with van der Waals surface area (Å²) in [6.07, 6.45) is -0.893. The lowest BCUT2D eigenvalue weighted by Crippen LogP contribution is -2.43. The Morgan fingerprint density at radius 2 is 1.14 bits per heavy atom. The number of halogens is 2. The van der Waals surface area contributed by atoms with Crippen molar-refractivity contribution in [1.82, 2.24) is 0 Å². The average molecular weight is 634 g/mol. The maximum Gasteiger partial charge on any atom is 0.349 e. The lowest BCUT2D eigenvalue weighted by Gasteiger charge is -2.27. The Kier molecular flexibility index (Phi) is 11.8. The zero-order chi connectivity index (χ0) is 31.6. The van der Waals surface area contributed by atoms with Crippen molar-refractivity contribution in [2.45, 2.75) is 58.5 Å². The SMILES string of the molecule is CC(=O)Oc1ccccc1COC(COC(=O)C(C)(C)Oc1ccc(Cl)cc1)COC(=O)C(C)(C)Oc1ccc(Cl)cc1. The Balaban J connectivity index is 1.68. The zero-order valence-electron chi connectivity index (χ0n) is 24.6. The van der Waals surface area contributed by atoms with Crippen LogP contribution >= 0.6 is 23.2 Å². The summed E-state index contributed by atoms with van der Waals surface area (Å²) >= 11 is 11.9. The van der Waals surface area contributed by atoms with E-state index in [9.17, 15) is 14.4 Å². The van der Waals surface area contributed by atoms with E-state index in [4.69, 9.17) is 51.6 Å². The number of esters is 3. The third-order valence-electron chi connectivity index (χ3n) is 5.86. The average Bonchev–Trinajstić information content (AvgIpc) is 2.95. The molecule has 0 aromatic heterocycles. The summed E-state index contributed by atoms with van der Waals surface area (Å²) in [6, 6.07) is 19.9. The van der Waals surface area contributed by atoms with E-state index in [-0.39, 0.29) is 19.8 Å². The summed E-state index contributed by atoms with van der Waals surface area (Å²) in [5.74, 6) is -0.658. The molecule has 0 aliphatic carbocycles. The topological polar surface area (TPSA) is 107 Å². The molecule has 0 bridgehead atoms. The highest BCUT2D eigenvalue weighted by atomic mass is 35.5. The highest BCUT2D eigenvalue weighted by Gasteiger charge is 2.35. The smallest absolute Gasteiger partial charge is 0.349 e. The van der Waals surface area contributed by atoms with Gasteiger partial charge in [0.05, 0.1) is 6.61 Å². The molecule has 230 valence electrons. The minimum atomic E-state index is -1.36. The van der Waals surface area contributed by atoms with E-state index in [2.05, 4.69) is 0 Å². The Hall–Kier alpha value is -3.79. The van der Waals surface area contributed by atoms with E-state index in [0.717, 1.165) is 0 Å². The molecule has 0 fully saturated rings. The lowest BCUT2D eigenvalue weighted by atomic mass is 10.1. The van der Waals surface area contributed by atoms with E-state index in [1.54, 1.807) is 100 Å². The number of benzene rings is 3. The van der Waals surface area contributed by atoms with Crippen LogP contribution in [0.2, 0.25) is 10.0 Å². The van der Waals surface area contributed by atoms with Crippen LogP contribution in [0.3, 0.4) is 0 Å². The molecule has 3 aromatic rings. The maximum absolute atomic E-state index is 13.0. The molecule has 0 spiro atoms. The molecule has 0 saturated heterocycles. The van der Waals surface area contributed by atoms with E-state index in [1.165, 1.54) is 6.92 Å². The molecule has 0 atom stereocenters. The van der Waals surface area contributed by atoms with E-state index in [1.807, 2.05) is 0 Å². The fourth-order valence-electron chi connectivity index (χ4n) is 3.59. The van der Waals surface area contributed by atoms with Gasteiger partial charge in [0.15, 0.2) is 11.2 Å². The molecule has 3 rings (SSSR count). The van der Waals surface area contributed by atoms with Gasteiger partial charge in [0, 0.05) is 22.5 Å². The highest BCUT2D eigenvalue weighted by molar-refractivity contribution is 6.30. The Morgan fingerprint density at radius 3 is 1.58 bits per heavy atom. The summed E-state index contributed by atoms with van der Waals surface area (Å²) in [5.41, 5.74) is -2.14. The fraction of sp³-hybridized carbons (Fsp3) is 0.344. The molecule has 0 N–H and O–H groups in total. The molecular weight excluding hydrogens is 599 g/mol. The predicted octanol–water partition coefficient (Wildman–Crippen LogP) is 6.61. The third kappa shape index (κ3) is 10.8. The van der Waals surface area contributed by atoms with Crippen molar-refractivity contribution in [3.05, 3.63) is 88.4 Å². The van der Waals surface area contributed by atoms with E-state index in [0.29, 0.717) is 32.9 Å². The molecule has 43 heavy (non-hydrogen) atoms. The molecule has 0 unspecified atom stereocenters. The second-order valence-electron chi connectivity index (χ2n) is 10.5. The minimum Gasteiger partial charge on any atom is -0.476 e. The normalized spacial score (nSPS) is 11.5. The molecule has 3 aromatic carbocycles. The number of carbonyl (C=O) groups excluding carboxylic acids is 3. The number of para-hydroxylation sites is 1. The fourth-order valence-corrected chi connectivity index (χ4v) is 3.84. The summed E-state index contributed by atoms with van der Waals surface area (Å²) in [4.78, 5) is 37.5. The number of hydrogen-bond donors (Lipinski definition) is 0. The third-order valence-corrected chi connectivity index (χ3v) is 6.36. The van der Waals surface area contributed by atoms with Crippen molar-refractivity contribution >= 4 is 41.1 Å². The van der Waals surface area contributed by atoms with Gasteiger partial charge in [-0.2, -0.15) is 0 Å². The Labute approximate surface area is 260 Å². The molecule has 0 saturated carbocycles. The number of ether oxygens (including phenoxy) is 6. The largest absolute Gasteiger partial charge is 0.476 e. The first-order chi connectivity index (χ1) is 20.2. The molecular formula is C32H34Cl2O9. The standard InChI is InChI=1S/C32H34Cl2O9/c1-21(35)41-28-9-7-6-8-22(28)18-38-27(19-39-29(36)31(2,3)42-25-14-10-23(33)11-15-25)20-40-30(37)32(4,5)43-26-16-12-24(34)13-17-26/h6-17,27H,18-20H2,1-5H3. The van der Waals surface area contributed by atoms with Gasteiger partial charge in [-0.1, -0.05) is 41.4 Å². The van der Waals surface area contributed by atoms with E-state index < -0.39 is 35.2 Å². The van der Waals surface area contributed by atoms with Crippen molar-refractivity contribution < 1.29 is 42.8 Å². The molecule has 0 amide bonds. The van der Waals surface area contributed by atoms with Crippen molar-refractivity contribution in [3.63, 3.8) is 0 Å². The summed E-state index contributed by atoms with van der Waals surface area (Å²) < 4.78 is 33.9. The summed E-state index contributed by atoms with van der Waals surface area (Å²) in [7, 11) is 0. The number of carbonyl (C=O) groups is 3. The summed E-state index contributed by atoms with van der Waals surface area (Å²) in [6.45, 7) is 6.97. The van der Waals surface area contributed by atoms with Gasteiger partial charge in [0.25, 0.3) is 0 Å². The predicted molar refractivity (Wildman–Crippen MR) is 161 cm³/mol. The quantitative estimate of drug-likeness (QED) is 0.143. The van der Waals surface area contributed by atoms with Crippen LogP contribution in [0.4, 0.5) is 0 Å². The van der Waals surface area contributed by atoms with Crippen LogP contribution < -0.4 is 14.2 Å².